The first-order valence-corrected chi connectivity index (χ1v) is 8.08. The third-order valence-corrected chi connectivity index (χ3v) is 2.88. The van der Waals surface area contributed by atoms with Crippen LogP contribution in [0.25, 0.3) is 0 Å². The van der Waals surface area contributed by atoms with Crippen molar-refractivity contribution in [1.29, 1.82) is 0 Å². The van der Waals surface area contributed by atoms with Crippen molar-refractivity contribution in [3.63, 3.8) is 0 Å². The monoisotopic (exact) mass is 291 g/mol. The van der Waals surface area contributed by atoms with E-state index in [1.165, 1.54) is 16.7 Å². The molecule has 2 rings (SSSR count). The molecular weight excluding hydrogens is 274 g/mol. The number of halogens is 1. The molecule has 0 atom stereocenters. The van der Waals surface area contributed by atoms with Gasteiger partial charge in [-0.1, -0.05) is 18.2 Å². The summed E-state index contributed by atoms with van der Waals surface area (Å²) in [5.41, 5.74) is 4.20. The predicted molar refractivity (Wildman–Crippen MR) is 73.7 cm³/mol. The number of fused-ring (bicyclic) bond motifs is 1. The summed E-state index contributed by atoms with van der Waals surface area (Å²) in [4.78, 5) is 0. The molecule has 0 aromatic heterocycles. The highest BCUT2D eigenvalue weighted by Crippen LogP contribution is 2.16. The van der Waals surface area contributed by atoms with Gasteiger partial charge in [-0.2, -0.15) is 8.42 Å². The molecule has 1 heterocycles. The Morgan fingerprint density at radius 1 is 1.28 bits per heavy atom. The number of nitrogens with one attached hydrogen (secondary N) is 1. The van der Waals surface area contributed by atoms with Crippen LogP contribution >= 0.6 is 11.6 Å². The Morgan fingerprint density at radius 2 is 1.83 bits per heavy atom. The first-order valence-electron chi connectivity index (χ1n) is 5.70. The van der Waals surface area contributed by atoms with Crippen LogP contribution in [0.5, 0.6) is 0 Å². The molecule has 0 spiro atoms. The van der Waals surface area contributed by atoms with Gasteiger partial charge in [0.05, 0.1) is 6.26 Å². The Hall–Kier alpha value is -0.620. The molecule has 0 bridgehead atoms. The van der Waals surface area contributed by atoms with E-state index in [0.29, 0.717) is 12.1 Å². The van der Waals surface area contributed by atoms with E-state index in [9.17, 15) is 8.42 Å². The largest absolute Gasteiger partial charge is 0.316 e. The summed E-state index contributed by atoms with van der Waals surface area (Å²) >= 11 is 5.79. The zero-order chi connectivity index (χ0) is 13.6. The van der Waals surface area contributed by atoms with E-state index >= 15 is 0 Å². The van der Waals surface area contributed by atoms with Gasteiger partial charge >= 0.3 is 0 Å². The fourth-order valence-corrected chi connectivity index (χ4v) is 1.98. The molecule has 0 saturated heterocycles. The SMILES string of the molecule is CS(=O)(=O)O.ClCc1ccc2c(c1)CCNCC2. The van der Waals surface area contributed by atoms with Crippen molar-refractivity contribution in [3.8, 4) is 0 Å². The second kappa shape index (κ2) is 7.09. The summed E-state index contributed by atoms with van der Waals surface area (Å²) in [5, 5.41) is 3.40. The van der Waals surface area contributed by atoms with Crippen LogP contribution in [0.2, 0.25) is 0 Å². The normalized spacial score (nSPS) is 15.1. The topological polar surface area (TPSA) is 66.4 Å². The van der Waals surface area contributed by atoms with Gasteiger partial charge in [-0.15, -0.1) is 11.6 Å². The minimum Gasteiger partial charge on any atom is -0.316 e. The van der Waals surface area contributed by atoms with E-state index in [0.717, 1.165) is 25.9 Å². The van der Waals surface area contributed by atoms with Gasteiger partial charge in [0.25, 0.3) is 10.1 Å². The van der Waals surface area contributed by atoms with Crippen molar-refractivity contribution in [2.45, 2.75) is 18.7 Å². The molecule has 4 nitrogen and oxygen atoms in total. The van der Waals surface area contributed by atoms with Gasteiger partial charge in [-0.05, 0) is 42.6 Å². The van der Waals surface area contributed by atoms with Gasteiger partial charge in [0.1, 0.15) is 0 Å². The zero-order valence-corrected chi connectivity index (χ0v) is 11.9. The van der Waals surface area contributed by atoms with E-state index in [1.54, 1.807) is 0 Å². The summed E-state index contributed by atoms with van der Waals surface area (Å²) in [6.45, 7) is 2.20. The van der Waals surface area contributed by atoms with Gasteiger partial charge in [-0.25, -0.2) is 0 Å². The van der Waals surface area contributed by atoms with Crippen molar-refractivity contribution >= 4 is 21.7 Å². The van der Waals surface area contributed by atoms with Gasteiger partial charge in [0.15, 0.2) is 0 Å². The molecule has 102 valence electrons. The van der Waals surface area contributed by atoms with Crippen LogP contribution in [0.15, 0.2) is 18.2 Å². The molecule has 0 fully saturated rings. The van der Waals surface area contributed by atoms with E-state index < -0.39 is 10.1 Å². The van der Waals surface area contributed by atoms with E-state index in [2.05, 4.69) is 23.5 Å². The van der Waals surface area contributed by atoms with Gasteiger partial charge < -0.3 is 5.32 Å². The van der Waals surface area contributed by atoms with E-state index in [4.69, 9.17) is 16.2 Å². The first-order chi connectivity index (χ1) is 8.40. The molecule has 1 aromatic rings. The van der Waals surface area contributed by atoms with Gasteiger partial charge in [-0.3, -0.25) is 4.55 Å². The maximum atomic E-state index is 9.19. The average Bonchev–Trinajstić information content (AvgIpc) is 2.50. The summed E-state index contributed by atoms with van der Waals surface area (Å²) in [7, 11) is -3.67. The second-order valence-corrected chi connectivity index (χ2v) is 5.95. The summed E-state index contributed by atoms with van der Waals surface area (Å²) in [6.07, 6.45) is 3.00. The Balaban J connectivity index is 0.000000280. The maximum Gasteiger partial charge on any atom is 0.261 e. The number of hydrogen-bond acceptors (Lipinski definition) is 3. The fourth-order valence-electron chi connectivity index (χ4n) is 1.81. The third-order valence-electron chi connectivity index (χ3n) is 2.57. The Kier molecular flexibility index (Phi) is 6.08. The number of alkyl halides is 1. The van der Waals surface area contributed by atoms with Crippen molar-refractivity contribution in [3.05, 3.63) is 34.9 Å². The molecule has 2 N–H and O–H groups in total. The lowest BCUT2D eigenvalue weighted by Crippen LogP contribution is -2.16. The lowest BCUT2D eigenvalue weighted by atomic mass is 10.0. The van der Waals surface area contributed by atoms with Crippen LogP contribution in [0.3, 0.4) is 0 Å². The Bertz CT molecular complexity index is 480. The highest BCUT2D eigenvalue weighted by Gasteiger charge is 2.07. The first kappa shape index (κ1) is 15.4. The third kappa shape index (κ3) is 6.35. The van der Waals surface area contributed by atoms with Crippen molar-refractivity contribution in [2.75, 3.05) is 19.3 Å². The highest BCUT2D eigenvalue weighted by atomic mass is 35.5. The Labute approximate surface area is 113 Å². The van der Waals surface area contributed by atoms with Crippen molar-refractivity contribution in [2.24, 2.45) is 0 Å². The lowest BCUT2D eigenvalue weighted by Gasteiger charge is -2.06. The van der Waals surface area contributed by atoms with Gasteiger partial charge in [0.2, 0.25) is 0 Å². The predicted octanol–water partition coefficient (Wildman–Crippen LogP) is 1.62. The molecule has 0 aliphatic carbocycles. The number of hydrogen-bond donors (Lipinski definition) is 2. The lowest BCUT2D eigenvalue weighted by molar-refractivity contribution is 0.490. The Morgan fingerprint density at radius 3 is 2.39 bits per heavy atom. The minimum atomic E-state index is -3.67. The molecule has 0 unspecified atom stereocenters. The quantitative estimate of drug-likeness (QED) is 0.609. The van der Waals surface area contributed by atoms with Gasteiger partial charge in [0, 0.05) is 5.88 Å². The molecule has 0 radical (unpaired) electrons. The number of rotatable bonds is 1. The molecule has 0 amide bonds. The molecule has 6 heteroatoms. The van der Waals surface area contributed by atoms with E-state index in [1.807, 2.05) is 0 Å². The van der Waals surface area contributed by atoms with Crippen LogP contribution in [-0.2, 0) is 28.8 Å². The molecule has 0 saturated carbocycles. The van der Waals surface area contributed by atoms with Crippen molar-refractivity contribution < 1.29 is 13.0 Å². The molecule has 1 aliphatic rings. The molecule has 1 aromatic carbocycles. The summed E-state index contributed by atoms with van der Waals surface area (Å²) in [6, 6.07) is 6.60. The maximum absolute atomic E-state index is 9.19. The van der Waals surface area contributed by atoms with Crippen LogP contribution in [0.4, 0.5) is 0 Å². The smallest absolute Gasteiger partial charge is 0.261 e. The average molecular weight is 292 g/mol. The van der Waals surface area contributed by atoms with Crippen molar-refractivity contribution in [1.82, 2.24) is 5.32 Å². The minimum absolute atomic E-state index is 0.626. The van der Waals surface area contributed by atoms with E-state index in [-0.39, 0.29) is 0 Å². The van der Waals surface area contributed by atoms with Crippen LogP contribution in [0.1, 0.15) is 16.7 Å². The zero-order valence-electron chi connectivity index (χ0n) is 10.3. The fraction of sp³-hybridized carbons (Fsp3) is 0.500. The molecular formula is C12H18ClNO3S. The molecule has 1 aliphatic heterocycles. The summed E-state index contributed by atoms with van der Waals surface area (Å²) in [5.74, 6) is 0.626. The van der Waals surface area contributed by atoms with Crippen LogP contribution in [0, 0.1) is 0 Å². The second-order valence-electron chi connectivity index (χ2n) is 4.22. The summed E-state index contributed by atoms with van der Waals surface area (Å²) < 4.78 is 25.9. The standard InChI is InChI=1S/C11H14ClN.CH4O3S/c12-8-9-1-2-10-3-5-13-6-4-11(10)7-9;1-5(2,3)4/h1-2,7,13H,3-6,8H2;1H3,(H,2,3,4). The highest BCUT2D eigenvalue weighted by molar-refractivity contribution is 7.85. The molecule has 18 heavy (non-hydrogen) atoms. The van der Waals surface area contributed by atoms with Crippen LogP contribution in [-0.4, -0.2) is 32.3 Å². The van der Waals surface area contributed by atoms with Crippen LogP contribution < -0.4 is 5.32 Å². The number of benzene rings is 1.